The van der Waals surface area contributed by atoms with Gasteiger partial charge in [-0.15, -0.1) is 0 Å². The zero-order chi connectivity index (χ0) is 13.4. The van der Waals surface area contributed by atoms with E-state index in [9.17, 15) is 9.59 Å². The molecule has 0 fully saturated rings. The molecule has 0 saturated carbocycles. The molecule has 94 valence electrons. The molecule has 0 saturated heterocycles. The van der Waals surface area contributed by atoms with Gasteiger partial charge in [0.25, 0.3) is 11.8 Å². The standard InChI is InChI=1S/C14H9ClN2O2/c15-12-4-2-1-3-9(12)8-17-13(18)10-5-6-16-7-11(10)14(17)19/h1-7H,8H2. The summed E-state index contributed by atoms with van der Waals surface area (Å²) in [5.41, 5.74) is 1.48. The molecule has 2 aromatic rings. The Hall–Kier alpha value is -2.20. The van der Waals surface area contributed by atoms with Crippen LogP contribution in [0.15, 0.2) is 42.7 Å². The lowest BCUT2D eigenvalue weighted by molar-refractivity contribution is 0.0642. The average molecular weight is 273 g/mol. The number of amides is 2. The zero-order valence-corrected chi connectivity index (χ0v) is 10.6. The molecule has 4 nitrogen and oxygen atoms in total. The molecule has 0 radical (unpaired) electrons. The van der Waals surface area contributed by atoms with Crippen LogP contribution in [0.5, 0.6) is 0 Å². The number of nitrogens with zero attached hydrogens (tertiary/aromatic N) is 2. The van der Waals surface area contributed by atoms with Crippen LogP contribution in [0.2, 0.25) is 5.02 Å². The Kier molecular flexibility index (Phi) is 2.80. The third kappa shape index (κ3) is 1.90. The topological polar surface area (TPSA) is 50.3 Å². The van der Waals surface area contributed by atoms with E-state index in [1.165, 1.54) is 17.3 Å². The number of halogens is 1. The van der Waals surface area contributed by atoms with Gasteiger partial charge in [-0.25, -0.2) is 0 Å². The summed E-state index contributed by atoms with van der Waals surface area (Å²) in [5, 5.41) is 0.539. The van der Waals surface area contributed by atoms with Crippen LogP contribution in [-0.2, 0) is 6.54 Å². The molecule has 5 heteroatoms. The molecule has 3 rings (SSSR count). The lowest BCUT2D eigenvalue weighted by Gasteiger charge is -2.14. The number of carbonyl (C=O) groups excluding carboxylic acids is 2. The van der Waals surface area contributed by atoms with Gasteiger partial charge < -0.3 is 0 Å². The molecule has 0 aliphatic carbocycles. The molecule has 1 aliphatic heterocycles. The number of pyridine rings is 1. The van der Waals surface area contributed by atoms with Gasteiger partial charge in [-0.05, 0) is 17.7 Å². The van der Waals surface area contributed by atoms with Crippen LogP contribution in [0.1, 0.15) is 26.3 Å². The van der Waals surface area contributed by atoms with E-state index >= 15 is 0 Å². The maximum atomic E-state index is 12.2. The third-order valence-electron chi connectivity index (χ3n) is 3.06. The van der Waals surface area contributed by atoms with Crippen LogP contribution >= 0.6 is 11.6 Å². The maximum absolute atomic E-state index is 12.2. The van der Waals surface area contributed by atoms with Gasteiger partial charge >= 0.3 is 0 Å². The minimum Gasteiger partial charge on any atom is -0.270 e. The first-order chi connectivity index (χ1) is 9.18. The van der Waals surface area contributed by atoms with Crippen LogP contribution in [0.25, 0.3) is 0 Å². The molecule has 1 aromatic carbocycles. The number of fused-ring (bicyclic) bond motifs is 1. The van der Waals surface area contributed by atoms with Crippen LogP contribution in [-0.4, -0.2) is 21.7 Å². The summed E-state index contributed by atoms with van der Waals surface area (Å²) in [6.45, 7) is 0.173. The van der Waals surface area contributed by atoms with Gasteiger partial charge in [-0.3, -0.25) is 19.5 Å². The Morgan fingerprint density at radius 1 is 1.05 bits per heavy atom. The summed E-state index contributed by atoms with van der Waals surface area (Å²) >= 11 is 6.05. The highest BCUT2D eigenvalue weighted by molar-refractivity contribution is 6.31. The summed E-state index contributed by atoms with van der Waals surface area (Å²) in [4.78, 5) is 29.4. The first kappa shape index (κ1) is 11.9. The summed E-state index contributed by atoms with van der Waals surface area (Å²) < 4.78 is 0. The van der Waals surface area contributed by atoms with E-state index in [-0.39, 0.29) is 18.4 Å². The van der Waals surface area contributed by atoms with Gasteiger partial charge in [0, 0.05) is 17.4 Å². The fourth-order valence-corrected chi connectivity index (χ4v) is 2.27. The highest BCUT2D eigenvalue weighted by Gasteiger charge is 2.35. The number of imide groups is 1. The van der Waals surface area contributed by atoms with Crippen molar-refractivity contribution in [3.05, 3.63) is 64.4 Å². The third-order valence-corrected chi connectivity index (χ3v) is 3.43. The van der Waals surface area contributed by atoms with Crippen molar-refractivity contribution >= 4 is 23.4 Å². The zero-order valence-electron chi connectivity index (χ0n) is 9.84. The van der Waals surface area contributed by atoms with E-state index in [1.807, 2.05) is 6.07 Å². The van der Waals surface area contributed by atoms with Gasteiger partial charge in [-0.1, -0.05) is 29.8 Å². The molecule has 2 heterocycles. The number of carbonyl (C=O) groups is 2. The van der Waals surface area contributed by atoms with Crippen LogP contribution in [0.3, 0.4) is 0 Å². The summed E-state index contributed by atoms with van der Waals surface area (Å²) in [7, 11) is 0. The Morgan fingerprint density at radius 3 is 2.53 bits per heavy atom. The Bertz CT molecular complexity index is 650. The largest absolute Gasteiger partial charge is 0.270 e. The predicted molar refractivity (Wildman–Crippen MR) is 69.9 cm³/mol. The van der Waals surface area contributed by atoms with Gasteiger partial charge in [-0.2, -0.15) is 0 Å². The van der Waals surface area contributed by atoms with E-state index in [2.05, 4.69) is 4.98 Å². The van der Waals surface area contributed by atoms with E-state index in [0.29, 0.717) is 16.1 Å². The molecule has 1 aliphatic rings. The van der Waals surface area contributed by atoms with Crippen molar-refractivity contribution in [1.82, 2.24) is 9.88 Å². The maximum Gasteiger partial charge on any atom is 0.263 e. The molecular weight excluding hydrogens is 264 g/mol. The first-order valence-electron chi connectivity index (χ1n) is 5.72. The molecule has 0 bridgehead atoms. The molecule has 19 heavy (non-hydrogen) atoms. The minimum absolute atomic E-state index is 0.173. The number of rotatable bonds is 2. The summed E-state index contributed by atoms with van der Waals surface area (Å²) in [6.07, 6.45) is 2.92. The van der Waals surface area contributed by atoms with Crippen molar-refractivity contribution in [3.63, 3.8) is 0 Å². The van der Waals surface area contributed by atoms with Crippen molar-refractivity contribution in [3.8, 4) is 0 Å². The lowest BCUT2D eigenvalue weighted by atomic mass is 10.2. The second kappa shape index (κ2) is 4.48. The fourth-order valence-electron chi connectivity index (χ4n) is 2.07. The fraction of sp³-hybridized carbons (Fsp3) is 0.0714. The number of hydrogen-bond donors (Lipinski definition) is 0. The van der Waals surface area contributed by atoms with Gasteiger partial charge in [0.2, 0.25) is 0 Å². The van der Waals surface area contributed by atoms with E-state index in [4.69, 9.17) is 11.6 Å². The molecule has 0 atom stereocenters. The van der Waals surface area contributed by atoms with E-state index < -0.39 is 0 Å². The second-order valence-corrected chi connectivity index (χ2v) is 4.62. The normalized spacial score (nSPS) is 13.8. The van der Waals surface area contributed by atoms with Crippen molar-refractivity contribution in [2.45, 2.75) is 6.54 Å². The van der Waals surface area contributed by atoms with Gasteiger partial charge in [0.1, 0.15) is 0 Å². The molecule has 0 unspecified atom stereocenters. The van der Waals surface area contributed by atoms with E-state index in [1.54, 1.807) is 24.3 Å². The van der Waals surface area contributed by atoms with Crippen molar-refractivity contribution < 1.29 is 9.59 Å². The molecule has 1 aromatic heterocycles. The minimum atomic E-state index is -0.326. The average Bonchev–Trinajstić information content (AvgIpc) is 2.67. The molecule has 2 amide bonds. The van der Waals surface area contributed by atoms with E-state index in [0.717, 1.165) is 5.56 Å². The molecular formula is C14H9ClN2O2. The van der Waals surface area contributed by atoms with Gasteiger partial charge in [0.05, 0.1) is 17.7 Å². The smallest absolute Gasteiger partial charge is 0.263 e. The quantitative estimate of drug-likeness (QED) is 0.790. The Labute approximate surface area is 114 Å². The van der Waals surface area contributed by atoms with Crippen LogP contribution in [0.4, 0.5) is 0 Å². The van der Waals surface area contributed by atoms with Gasteiger partial charge in [0.15, 0.2) is 0 Å². The highest BCUT2D eigenvalue weighted by atomic mass is 35.5. The number of hydrogen-bond acceptors (Lipinski definition) is 3. The monoisotopic (exact) mass is 272 g/mol. The van der Waals surface area contributed by atoms with Crippen molar-refractivity contribution in [2.24, 2.45) is 0 Å². The highest BCUT2D eigenvalue weighted by Crippen LogP contribution is 2.25. The SMILES string of the molecule is O=C1c2ccncc2C(=O)N1Cc1ccccc1Cl. The lowest BCUT2D eigenvalue weighted by Crippen LogP contribution is -2.29. The first-order valence-corrected chi connectivity index (χ1v) is 6.10. The second-order valence-electron chi connectivity index (χ2n) is 4.21. The number of aromatic nitrogens is 1. The molecule has 0 N–H and O–H groups in total. The van der Waals surface area contributed by atoms with Crippen molar-refractivity contribution in [2.75, 3.05) is 0 Å². The number of benzene rings is 1. The predicted octanol–water partition coefficient (Wildman–Crippen LogP) is 2.53. The molecule has 0 spiro atoms. The van der Waals surface area contributed by atoms with Crippen LogP contribution < -0.4 is 0 Å². The Morgan fingerprint density at radius 2 is 1.79 bits per heavy atom. The van der Waals surface area contributed by atoms with Crippen molar-refractivity contribution in [1.29, 1.82) is 0 Å². The van der Waals surface area contributed by atoms with Crippen LogP contribution in [0, 0.1) is 0 Å². The summed E-state index contributed by atoms with van der Waals surface area (Å²) in [5.74, 6) is -0.629. The Balaban J connectivity index is 1.95. The summed E-state index contributed by atoms with van der Waals surface area (Å²) in [6, 6.07) is 8.71.